The molecule has 7 nitrogen and oxygen atoms in total. The van der Waals surface area contributed by atoms with Crippen LogP contribution in [0.1, 0.15) is 20.2 Å². The Labute approximate surface area is 170 Å². The first-order valence-electron chi connectivity index (χ1n) is 8.88. The number of thiazole rings is 1. The highest BCUT2D eigenvalue weighted by atomic mass is 32.1. The second-order valence-electron chi connectivity index (χ2n) is 6.45. The van der Waals surface area contributed by atoms with Crippen molar-refractivity contribution in [3.63, 3.8) is 0 Å². The second-order valence-corrected chi connectivity index (χ2v) is 7.54. The van der Waals surface area contributed by atoms with Gasteiger partial charge in [0.05, 0.1) is 4.88 Å². The quantitative estimate of drug-likeness (QED) is 0.712. The van der Waals surface area contributed by atoms with Crippen molar-refractivity contribution in [3.8, 4) is 5.75 Å². The summed E-state index contributed by atoms with van der Waals surface area (Å²) in [5.41, 5.74) is 0.918. The summed E-state index contributed by atoms with van der Waals surface area (Å²) in [4.78, 5) is 34.9. The van der Waals surface area contributed by atoms with E-state index in [4.69, 9.17) is 4.74 Å². The van der Waals surface area contributed by atoms with E-state index in [9.17, 15) is 14.0 Å². The fraction of sp³-hybridized carbons (Fsp3) is 0.200. The van der Waals surface area contributed by atoms with Crippen molar-refractivity contribution in [1.82, 2.24) is 15.3 Å². The zero-order valence-corrected chi connectivity index (χ0v) is 16.3. The number of benzene rings is 1. The monoisotopic (exact) mass is 412 g/mol. The SMILES string of the molecule is CN1C(=O)C(NC(=O)c2nc(F)c(Cc3ccccc3)s2)COc2cccnc21. The van der Waals surface area contributed by atoms with E-state index in [1.54, 1.807) is 25.4 Å². The average Bonchev–Trinajstić information content (AvgIpc) is 3.06. The molecule has 0 fully saturated rings. The van der Waals surface area contributed by atoms with Gasteiger partial charge in [-0.1, -0.05) is 30.3 Å². The minimum absolute atomic E-state index is 0.0382. The smallest absolute Gasteiger partial charge is 0.281 e. The summed E-state index contributed by atoms with van der Waals surface area (Å²) >= 11 is 0.969. The number of pyridine rings is 1. The summed E-state index contributed by atoms with van der Waals surface area (Å²) in [5, 5.41) is 2.55. The Hall–Kier alpha value is -3.33. The van der Waals surface area contributed by atoms with Gasteiger partial charge in [-0.25, -0.2) is 9.97 Å². The third kappa shape index (κ3) is 3.95. The van der Waals surface area contributed by atoms with Crippen LogP contribution in [0.3, 0.4) is 0 Å². The Kier molecular flexibility index (Phi) is 5.22. The molecule has 1 atom stereocenters. The number of nitrogens with zero attached hydrogens (tertiary/aromatic N) is 3. The van der Waals surface area contributed by atoms with E-state index in [1.165, 1.54) is 4.90 Å². The molecule has 1 aliphatic rings. The van der Waals surface area contributed by atoms with Crippen LogP contribution in [-0.2, 0) is 11.2 Å². The van der Waals surface area contributed by atoms with E-state index in [0.29, 0.717) is 22.9 Å². The number of rotatable bonds is 4. The first-order chi connectivity index (χ1) is 14.0. The number of carbonyl (C=O) groups is 2. The van der Waals surface area contributed by atoms with Crippen LogP contribution in [-0.4, -0.2) is 41.5 Å². The summed E-state index contributed by atoms with van der Waals surface area (Å²) in [6.07, 6.45) is 1.89. The van der Waals surface area contributed by atoms with Gasteiger partial charge in [-0.05, 0) is 17.7 Å². The number of aromatic nitrogens is 2. The van der Waals surface area contributed by atoms with Crippen LogP contribution in [0.15, 0.2) is 48.7 Å². The molecule has 2 aromatic heterocycles. The number of anilines is 1. The Bertz CT molecular complexity index is 1060. The molecule has 0 saturated carbocycles. The topological polar surface area (TPSA) is 84.4 Å². The summed E-state index contributed by atoms with van der Waals surface area (Å²) in [6.45, 7) is -0.0572. The van der Waals surface area contributed by atoms with Crippen molar-refractivity contribution in [2.45, 2.75) is 12.5 Å². The molecule has 0 aliphatic carbocycles. The number of carbonyl (C=O) groups excluding carboxylic acids is 2. The van der Waals surface area contributed by atoms with Gasteiger partial charge in [-0.15, -0.1) is 11.3 Å². The lowest BCUT2D eigenvalue weighted by Gasteiger charge is -2.19. The van der Waals surface area contributed by atoms with Gasteiger partial charge in [0.25, 0.3) is 11.8 Å². The molecule has 2 amide bonds. The van der Waals surface area contributed by atoms with Gasteiger partial charge in [0, 0.05) is 19.7 Å². The van der Waals surface area contributed by atoms with Crippen molar-refractivity contribution in [2.75, 3.05) is 18.6 Å². The number of fused-ring (bicyclic) bond motifs is 1. The average molecular weight is 412 g/mol. The molecule has 9 heteroatoms. The Morgan fingerprint density at radius 2 is 2.10 bits per heavy atom. The summed E-state index contributed by atoms with van der Waals surface area (Å²) in [5.74, 6) is -0.855. The molecule has 1 aliphatic heterocycles. The Morgan fingerprint density at radius 3 is 2.90 bits per heavy atom. The van der Waals surface area contributed by atoms with Crippen LogP contribution in [0.5, 0.6) is 5.75 Å². The van der Waals surface area contributed by atoms with E-state index < -0.39 is 17.9 Å². The molecule has 29 heavy (non-hydrogen) atoms. The van der Waals surface area contributed by atoms with Crippen molar-refractivity contribution >= 4 is 29.0 Å². The Morgan fingerprint density at radius 1 is 1.31 bits per heavy atom. The van der Waals surface area contributed by atoms with E-state index in [-0.39, 0.29) is 17.5 Å². The van der Waals surface area contributed by atoms with Crippen molar-refractivity contribution in [1.29, 1.82) is 0 Å². The second kappa shape index (κ2) is 7.96. The molecular weight excluding hydrogens is 395 g/mol. The Balaban J connectivity index is 1.48. The fourth-order valence-electron chi connectivity index (χ4n) is 2.97. The molecule has 148 valence electrons. The first kappa shape index (κ1) is 19.0. The summed E-state index contributed by atoms with van der Waals surface area (Å²) in [6, 6.07) is 11.8. The maximum Gasteiger partial charge on any atom is 0.281 e. The summed E-state index contributed by atoms with van der Waals surface area (Å²) in [7, 11) is 1.56. The molecule has 1 unspecified atom stereocenters. The van der Waals surface area contributed by atoms with E-state index in [0.717, 1.165) is 16.9 Å². The van der Waals surface area contributed by atoms with E-state index in [1.807, 2.05) is 30.3 Å². The molecule has 0 spiro atoms. The molecular formula is C20H17FN4O3S. The lowest BCUT2D eigenvalue weighted by Crippen LogP contribution is -2.49. The third-order valence-electron chi connectivity index (χ3n) is 4.46. The lowest BCUT2D eigenvalue weighted by molar-refractivity contribution is -0.120. The zero-order chi connectivity index (χ0) is 20.4. The largest absolute Gasteiger partial charge is 0.487 e. The standard InChI is InChI=1S/C20H17FN4O3S/c1-25-17-14(8-5-9-22-17)28-11-13(20(25)27)23-18(26)19-24-16(21)15(29-19)10-12-6-3-2-4-7-12/h2-9,13H,10-11H2,1H3,(H,23,26). The fourth-order valence-corrected chi connectivity index (χ4v) is 3.85. The molecule has 0 radical (unpaired) electrons. The molecule has 0 saturated heterocycles. The van der Waals surface area contributed by atoms with Crippen LogP contribution in [0.25, 0.3) is 0 Å². The van der Waals surface area contributed by atoms with Gasteiger partial charge in [0.15, 0.2) is 16.6 Å². The first-order valence-corrected chi connectivity index (χ1v) is 9.70. The van der Waals surface area contributed by atoms with Crippen LogP contribution in [0, 0.1) is 5.95 Å². The van der Waals surface area contributed by atoms with Gasteiger partial charge < -0.3 is 10.1 Å². The number of hydrogen-bond donors (Lipinski definition) is 1. The van der Waals surface area contributed by atoms with Gasteiger partial charge in [-0.2, -0.15) is 4.39 Å². The van der Waals surface area contributed by atoms with E-state index >= 15 is 0 Å². The predicted molar refractivity (Wildman–Crippen MR) is 106 cm³/mol. The maximum atomic E-state index is 14.2. The van der Waals surface area contributed by atoms with E-state index in [2.05, 4.69) is 15.3 Å². The number of ether oxygens (including phenoxy) is 1. The van der Waals surface area contributed by atoms with Crippen molar-refractivity contribution in [2.24, 2.45) is 0 Å². The van der Waals surface area contributed by atoms with Gasteiger partial charge in [0.1, 0.15) is 12.6 Å². The van der Waals surface area contributed by atoms with Crippen molar-refractivity contribution in [3.05, 3.63) is 70.1 Å². The van der Waals surface area contributed by atoms with Crippen molar-refractivity contribution < 1.29 is 18.7 Å². The van der Waals surface area contributed by atoms with Crippen LogP contribution in [0.2, 0.25) is 0 Å². The minimum Gasteiger partial charge on any atom is -0.487 e. The van der Waals surface area contributed by atoms with Crippen LogP contribution < -0.4 is 15.0 Å². The zero-order valence-electron chi connectivity index (χ0n) is 15.5. The highest BCUT2D eigenvalue weighted by Crippen LogP contribution is 2.27. The highest BCUT2D eigenvalue weighted by molar-refractivity contribution is 7.13. The molecule has 3 aromatic rings. The van der Waals surface area contributed by atoms with Crippen LogP contribution in [0.4, 0.5) is 10.2 Å². The maximum absolute atomic E-state index is 14.2. The van der Waals surface area contributed by atoms with Gasteiger partial charge in [0.2, 0.25) is 5.95 Å². The number of likely N-dealkylation sites (N-methyl/N-ethyl adjacent to an activating group) is 1. The molecule has 4 rings (SSSR count). The molecule has 1 N–H and O–H groups in total. The van der Waals surface area contributed by atoms with Gasteiger partial charge >= 0.3 is 0 Å². The molecule has 1 aromatic carbocycles. The molecule has 3 heterocycles. The molecule has 0 bridgehead atoms. The van der Waals surface area contributed by atoms with Crippen LogP contribution >= 0.6 is 11.3 Å². The highest BCUT2D eigenvalue weighted by Gasteiger charge is 2.32. The lowest BCUT2D eigenvalue weighted by atomic mass is 10.1. The number of hydrogen-bond acceptors (Lipinski definition) is 6. The van der Waals surface area contributed by atoms with Gasteiger partial charge in [-0.3, -0.25) is 14.5 Å². The minimum atomic E-state index is -0.939. The predicted octanol–water partition coefficient (Wildman–Crippen LogP) is 2.42. The number of halogens is 1. The third-order valence-corrected chi connectivity index (χ3v) is 5.49. The number of nitrogens with one attached hydrogen (secondary N) is 1. The number of amides is 2. The normalized spacial score (nSPS) is 16.0. The summed E-state index contributed by atoms with van der Waals surface area (Å²) < 4.78 is 19.8.